The van der Waals surface area contributed by atoms with Crippen molar-refractivity contribution in [3.63, 3.8) is 0 Å². The smallest absolute Gasteiger partial charge is 0.269 e. The Labute approximate surface area is 141 Å². The van der Waals surface area contributed by atoms with Gasteiger partial charge in [0.2, 0.25) is 5.91 Å². The Morgan fingerprint density at radius 2 is 1.88 bits per heavy atom. The van der Waals surface area contributed by atoms with E-state index in [0.717, 1.165) is 31.4 Å². The van der Waals surface area contributed by atoms with E-state index < -0.39 is 4.92 Å². The molecule has 0 aromatic heterocycles. The van der Waals surface area contributed by atoms with Crippen molar-refractivity contribution < 1.29 is 14.5 Å². The fourth-order valence-corrected chi connectivity index (χ4v) is 3.41. The molecule has 1 aromatic rings. The topological polar surface area (TPSA) is 75.9 Å². The normalized spacial score (nSPS) is 22.3. The Kier molecular flexibility index (Phi) is 5.42. The van der Waals surface area contributed by atoms with Crippen LogP contribution >= 0.6 is 0 Å². The van der Waals surface area contributed by atoms with E-state index in [0.29, 0.717) is 32.8 Å². The summed E-state index contributed by atoms with van der Waals surface area (Å²) in [7, 11) is 0. The lowest BCUT2D eigenvalue weighted by Crippen LogP contribution is -2.53. The second kappa shape index (κ2) is 7.72. The number of non-ortho nitro benzene ring substituents is 1. The van der Waals surface area contributed by atoms with Gasteiger partial charge in [-0.25, -0.2) is 0 Å². The van der Waals surface area contributed by atoms with Crippen LogP contribution in [0.15, 0.2) is 24.3 Å². The van der Waals surface area contributed by atoms with Crippen LogP contribution in [-0.2, 0) is 16.1 Å². The van der Waals surface area contributed by atoms with E-state index >= 15 is 0 Å². The molecule has 2 saturated heterocycles. The van der Waals surface area contributed by atoms with Crippen molar-refractivity contribution in [3.05, 3.63) is 39.9 Å². The molecule has 0 spiro atoms. The van der Waals surface area contributed by atoms with Gasteiger partial charge in [-0.3, -0.25) is 19.8 Å². The van der Waals surface area contributed by atoms with Gasteiger partial charge < -0.3 is 9.64 Å². The number of benzene rings is 1. The number of carbonyl (C=O) groups excluding carboxylic acids is 1. The Hall–Kier alpha value is -1.99. The molecule has 2 fully saturated rings. The molecule has 0 aliphatic carbocycles. The van der Waals surface area contributed by atoms with Crippen molar-refractivity contribution in [2.24, 2.45) is 0 Å². The molecule has 7 nitrogen and oxygen atoms in total. The van der Waals surface area contributed by atoms with E-state index in [-0.39, 0.29) is 17.6 Å². The average molecular weight is 333 g/mol. The van der Waals surface area contributed by atoms with Crippen molar-refractivity contribution in [1.29, 1.82) is 0 Å². The van der Waals surface area contributed by atoms with Crippen molar-refractivity contribution >= 4 is 11.6 Å². The van der Waals surface area contributed by atoms with Gasteiger partial charge in [0.25, 0.3) is 5.69 Å². The van der Waals surface area contributed by atoms with E-state index in [1.165, 1.54) is 12.1 Å². The van der Waals surface area contributed by atoms with Crippen molar-refractivity contribution in [3.8, 4) is 0 Å². The maximum atomic E-state index is 12.8. The lowest BCUT2D eigenvalue weighted by Gasteiger charge is -2.38. The summed E-state index contributed by atoms with van der Waals surface area (Å²) >= 11 is 0. The lowest BCUT2D eigenvalue weighted by atomic mass is 9.99. The highest BCUT2D eigenvalue weighted by atomic mass is 16.6. The molecular weight excluding hydrogens is 310 g/mol. The molecule has 2 aliphatic rings. The molecule has 7 heteroatoms. The summed E-state index contributed by atoms with van der Waals surface area (Å²) in [6, 6.07) is 6.52. The number of nitrogens with zero attached hydrogens (tertiary/aromatic N) is 3. The second-order valence-corrected chi connectivity index (χ2v) is 6.34. The van der Waals surface area contributed by atoms with Crippen LogP contribution in [0.25, 0.3) is 0 Å². The minimum absolute atomic E-state index is 0.0907. The largest absolute Gasteiger partial charge is 0.378 e. The molecule has 0 radical (unpaired) electrons. The molecule has 1 atom stereocenters. The third kappa shape index (κ3) is 3.91. The highest BCUT2D eigenvalue weighted by molar-refractivity contribution is 5.82. The first kappa shape index (κ1) is 16.9. The summed E-state index contributed by atoms with van der Waals surface area (Å²) < 4.78 is 5.33. The highest BCUT2D eigenvalue weighted by Crippen LogP contribution is 2.23. The van der Waals surface area contributed by atoms with Gasteiger partial charge in [0, 0.05) is 31.8 Å². The molecular formula is C17H23N3O4. The molecule has 0 N–H and O–H groups in total. The summed E-state index contributed by atoms with van der Waals surface area (Å²) in [5, 5.41) is 10.8. The van der Waals surface area contributed by atoms with E-state index in [1.54, 1.807) is 12.1 Å². The third-order valence-electron chi connectivity index (χ3n) is 4.75. The number of ether oxygens (including phenoxy) is 1. The summed E-state index contributed by atoms with van der Waals surface area (Å²) in [5.41, 5.74) is 1.10. The molecule has 0 saturated carbocycles. The van der Waals surface area contributed by atoms with Gasteiger partial charge >= 0.3 is 0 Å². The van der Waals surface area contributed by atoms with E-state index in [9.17, 15) is 14.9 Å². The van der Waals surface area contributed by atoms with Crippen LogP contribution in [0.5, 0.6) is 0 Å². The first-order valence-electron chi connectivity index (χ1n) is 8.49. The highest BCUT2D eigenvalue weighted by Gasteiger charge is 2.32. The Balaban J connectivity index is 1.67. The van der Waals surface area contributed by atoms with E-state index in [1.807, 2.05) is 4.90 Å². The Morgan fingerprint density at radius 3 is 2.54 bits per heavy atom. The zero-order chi connectivity index (χ0) is 16.9. The number of carbonyl (C=O) groups is 1. The predicted molar refractivity (Wildman–Crippen MR) is 88.5 cm³/mol. The second-order valence-electron chi connectivity index (χ2n) is 6.34. The standard InChI is InChI=1S/C17H23N3O4/c21-17(18-9-11-24-12-10-18)16-3-1-2-8-19(16)13-14-4-6-15(7-5-14)20(22)23/h4-7,16H,1-3,8-13H2. The van der Waals surface area contributed by atoms with Crippen molar-refractivity contribution in [2.45, 2.75) is 31.8 Å². The van der Waals surface area contributed by atoms with Crippen LogP contribution in [0.4, 0.5) is 5.69 Å². The number of morpholine rings is 1. The third-order valence-corrected chi connectivity index (χ3v) is 4.75. The van der Waals surface area contributed by atoms with Crippen LogP contribution in [0, 0.1) is 10.1 Å². The number of piperidine rings is 1. The van der Waals surface area contributed by atoms with Crippen LogP contribution in [0.2, 0.25) is 0 Å². The number of hydrogen-bond acceptors (Lipinski definition) is 5. The number of rotatable bonds is 4. The number of likely N-dealkylation sites (tertiary alicyclic amines) is 1. The SMILES string of the molecule is O=C(C1CCCCN1Cc1ccc([N+](=O)[O-])cc1)N1CCOCC1. The van der Waals surface area contributed by atoms with Crippen LogP contribution in [-0.4, -0.2) is 59.5 Å². The Morgan fingerprint density at radius 1 is 1.17 bits per heavy atom. The predicted octanol–water partition coefficient (Wildman–Crippen LogP) is 1.81. The maximum absolute atomic E-state index is 12.8. The molecule has 130 valence electrons. The van der Waals surface area contributed by atoms with Crippen LogP contribution in [0.1, 0.15) is 24.8 Å². The van der Waals surface area contributed by atoms with Crippen LogP contribution < -0.4 is 0 Å². The summed E-state index contributed by atoms with van der Waals surface area (Å²) in [5.74, 6) is 0.194. The summed E-state index contributed by atoms with van der Waals surface area (Å²) in [4.78, 5) is 27.3. The van der Waals surface area contributed by atoms with Crippen LogP contribution in [0.3, 0.4) is 0 Å². The maximum Gasteiger partial charge on any atom is 0.269 e. The molecule has 1 unspecified atom stereocenters. The van der Waals surface area contributed by atoms with Gasteiger partial charge in [-0.15, -0.1) is 0 Å². The van der Waals surface area contributed by atoms with Crippen molar-refractivity contribution in [2.75, 3.05) is 32.8 Å². The van der Waals surface area contributed by atoms with Gasteiger partial charge in [0.15, 0.2) is 0 Å². The quantitative estimate of drug-likeness (QED) is 0.620. The number of amides is 1. The molecule has 0 bridgehead atoms. The van der Waals surface area contributed by atoms with Gasteiger partial charge in [-0.05, 0) is 24.9 Å². The number of nitro benzene ring substituents is 1. The first-order valence-corrected chi connectivity index (χ1v) is 8.49. The Bertz CT molecular complexity index is 584. The van der Waals surface area contributed by atoms with E-state index in [2.05, 4.69) is 4.90 Å². The molecule has 2 heterocycles. The molecule has 24 heavy (non-hydrogen) atoms. The monoisotopic (exact) mass is 333 g/mol. The fraction of sp³-hybridized carbons (Fsp3) is 0.588. The first-order chi connectivity index (χ1) is 11.6. The minimum Gasteiger partial charge on any atom is -0.378 e. The molecule has 2 aliphatic heterocycles. The zero-order valence-electron chi connectivity index (χ0n) is 13.7. The number of hydrogen-bond donors (Lipinski definition) is 0. The number of nitro groups is 1. The minimum atomic E-state index is -0.393. The molecule has 3 rings (SSSR count). The van der Waals surface area contributed by atoms with Gasteiger partial charge in [0.1, 0.15) is 0 Å². The van der Waals surface area contributed by atoms with Gasteiger partial charge in [-0.2, -0.15) is 0 Å². The lowest BCUT2D eigenvalue weighted by molar-refractivity contribution is -0.384. The van der Waals surface area contributed by atoms with Crippen molar-refractivity contribution in [1.82, 2.24) is 9.80 Å². The van der Waals surface area contributed by atoms with Gasteiger partial charge in [0.05, 0.1) is 24.2 Å². The van der Waals surface area contributed by atoms with E-state index in [4.69, 9.17) is 4.74 Å². The average Bonchev–Trinajstić information content (AvgIpc) is 2.63. The molecule has 1 amide bonds. The fourth-order valence-electron chi connectivity index (χ4n) is 3.41. The zero-order valence-corrected chi connectivity index (χ0v) is 13.7. The summed E-state index contributed by atoms with van der Waals surface area (Å²) in [6.07, 6.45) is 3.03. The summed E-state index contributed by atoms with van der Waals surface area (Å²) in [6.45, 7) is 4.10. The van der Waals surface area contributed by atoms with Gasteiger partial charge in [-0.1, -0.05) is 18.6 Å². The molecule has 1 aromatic carbocycles.